The standard InChI is InChI=1S/C32H48Cl2N2O6Si/c1-21(19-35-26-18-27(39-8)23(16-25(26)34)17-29(37)40-9)36(30(38)41-31(2,3)4)20-28(22-13-12-14-24(33)15-22)42-43(10,11)32(5,6)7/h12-16,18,21,28,35H,17,19-20H2,1-11H3. The van der Waals surface area contributed by atoms with Crippen LogP contribution in [0.2, 0.25) is 28.2 Å². The minimum Gasteiger partial charge on any atom is -0.496 e. The molecule has 0 aromatic heterocycles. The molecule has 0 radical (unpaired) electrons. The fraction of sp³-hybridized carbons (Fsp3) is 0.562. The SMILES string of the molecule is COC(=O)Cc1cc(Cl)c(NCC(C)N(CC(O[Si](C)(C)C(C)(C)C)c2cccc(Cl)c2)C(=O)OC(C)(C)C)cc1OC. The van der Waals surface area contributed by atoms with Gasteiger partial charge in [0.05, 0.1) is 44.0 Å². The van der Waals surface area contributed by atoms with E-state index in [9.17, 15) is 9.59 Å². The zero-order valence-electron chi connectivity index (χ0n) is 27.4. The van der Waals surface area contributed by atoms with Crippen LogP contribution in [-0.4, -0.2) is 64.2 Å². The van der Waals surface area contributed by atoms with E-state index < -0.39 is 32.1 Å². The lowest BCUT2D eigenvalue weighted by Crippen LogP contribution is -2.49. The van der Waals surface area contributed by atoms with Gasteiger partial charge in [-0.05, 0) is 69.6 Å². The monoisotopic (exact) mass is 654 g/mol. The van der Waals surface area contributed by atoms with E-state index >= 15 is 0 Å². The summed E-state index contributed by atoms with van der Waals surface area (Å²) >= 11 is 13.0. The Hall–Kier alpha value is -2.46. The smallest absolute Gasteiger partial charge is 0.410 e. The van der Waals surface area contributed by atoms with Gasteiger partial charge in [-0.1, -0.05) is 56.1 Å². The molecule has 0 bridgehead atoms. The first-order chi connectivity index (χ1) is 19.8. The maximum absolute atomic E-state index is 13.7. The van der Waals surface area contributed by atoms with Crippen LogP contribution in [0, 0.1) is 0 Å². The van der Waals surface area contributed by atoms with Crippen LogP contribution in [0.4, 0.5) is 10.5 Å². The first-order valence-corrected chi connectivity index (χ1v) is 18.0. The Bertz CT molecular complexity index is 1260. The molecule has 0 aliphatic heterocycles. The topological polar surface area (TPSA) is 86.3 Å². The summed E-state index contributed by atoms with van der Waals surface area (Å²) in [5, 5.41) is 4.30. The van der Waals surface area contributed by atoms with Gasteiger partial charge in [0.15, 0.2) is 8.32 Å². The summed E-state index contributed by atoms with van der Waals surface area (Å²) in [5.41, 5.74) is 1.41. The first kappa shape index (κ1) is 36.7. The number of methoxy groups -OCH3 is 2. The van der Waals surface area contributed by atoms with Crippen molar-refractivity contribution in [3.05, 3.63) is 57.6 Å². The van der Waals surface area contributed by atoms with Gasteiger partial charge in [0.1, 0.15) is 11.4 Å². The molecule has 11 heteroatoms. The molecule has 2 unspecified atom stereocenters. The Morgan fingerprint density at radius 1 is 1.02 bits per heavy atom. The number of esters is 1. The maximum atomic E-state index is 13.7. The molecule has 2 aromatic rings. The van der Waals surface area contributed by atoms with Crippen molar-refractivity contribution in [2.24, 2.45) is 0 Å². The normalized spacial score (nSPS) is 13.6. The van der Waals surface area contributed by atoms with Gasteiger partial charge in [-0.15, -0.1) is 0 Å². The number of halogens is 2. The van der Waals surface area contributed by atoms with E-state index in [-0.39, 0.29) is 24.0 Å². The van der Waals surface area contributed by atoms with E-state index in [4.69, 9.17) is 41.8 Å². The summed E-state index contributed by atoms with van der Waals surface area (Å²) in [7, 11) is 0.596. The van der Waals surface area contributed by atoms with Crippen molar-refractivity contribution in [1.82, 2.24) is 4.90 Å². The molecular formula is C32H48Cl2N2O6Si. The number of nitrogens with zero attached hydrogens (tertiary/aromatic N) is 1. The summed E-state index contributed by atoms with van der Waals surface area (Å²) in [6.07, 6.45) is -0.859. The van der Waals surface area contributed by atoms with Gasteiger partial charge in [-0.3, -0.25) is 4.79 Å². The van der Waals surface area contributed by atoms with Gasteiger partial charge >= 0.3 is 12.1 Å². The minimum absolute atomic E-state index is 0.0294. The van der Waals surface area contributed by atoms with Gasteiger partial charge in [-0.2, -0.15) is 0 Å². The van der Waals surface area contributed by atoms with Crippen LogP contribution in [-0.2, 0) is 25.1 Å². The molecule has 0 spiro atoms. The number of rotatable bonds is 12. The highest BCUT2D eigenvalue weighted by Crippen LogP contribution is 2.40. The quantitative estimate of drug-likeness (QED) is 0.181. The zero-order valence-corrected chi connectivity index (χ0v) is 29.9. The fourth-order valence-corrected chi connectivity index (χ4v) is 5.76. The van der Waals surface area contributed by atoms with Crippen molar-refractivity contribution in [2.45, 2.75) is 90.8 Å². The Morgan fingerprint density at radius 3 is 2.21 bits per heavy atom. The van der Waals surface area contributed by atoms with E-state index in [2.05, 4.69) is 39.2 Å². The summed E-state index contributed by atoms with van der Waals surface area (Å²) in [4.78, 5) is 27.2. The maximum Gasteiger partial charge on any atom is 0.410 e. The number of nitrogens with one attached hydrogen (secondary N) is 1. The van der Waals surface area contributed by atoms with Gasteiger partial charge in [0, 0.05) is 29.2 Å². The zero-order chi connectivity index (χ0) is 32.8. The van der Waals surface area contributed by atoms with Crippen molar-refractivity contribution >= 4 is 49.3 Å². The highest BCUT2D eigenvalue weighted by Gasteiger charge is 2.41. The molecule has 1 amide bonds. The molecule has 0 saturated carbocycles. The average molecular weight is 656 g/mol. The van der Waals surface area contributed by atoms with Crippen LogP contribution in [0.5, 0.6) is 5.75 Å². The lowest BCUT2D eigenvalue weighted by Gasteiger charge is -2.41. The number of anilines is 1. The highest BCUT2D eigenvalue weighted by molar-refractivity contribution is 6.74. The fourth-order valence-electron chi connectivity index (χ4n) is 4.04. The predicted molar refractivity (Wildman–Crippen MR) is 177 cm³/mol. The van der Waals surface area contributed by atoms with Gasteiger partial charge in [0.2, 0.25) is 0 Å². The molecule has 2 atom stereocenters. The van der Waals surface area contributed by atoms with Crippen LogP contribution < -0.4 is 10.1 Å². The van der Waals surface area contributed by atoms with Crippen molar-refractivity contribution in [1.29, 1.82) is 0 Å². The highest BCUT2D eigenvalue weighted by atomic mass is 35.5. The van der Waals surface area contributed by atoms with Crippen LogP contribution >= 0.6 is 23.2 Å². The molecular weight excluding hydrogens is 607 g/mol. The number of amides is 1. The second kappa shape index (κ2) is 15.0. The first-order valence-electron chi connectivity index (χ1n) is 14.4. The lowest BCUT2D eigenvalue weighted by molar-refractivity contribution is -0.139. The molecule has 0 saturated heterocycles. The van der Waals surface area contributed by atoms with E-state index in [1.54, 1.807) is 17.0 Å². The molecule has 240 valence electrons. The Morgan fingerprint density at radius 2 is 1.67 bits per heavy atom. The Kier molecular flexibility index (Phi) is 12.8. The molecule has 8 nitrogen and oxygen atoms in total. The Balaban J connectivity index is 2.43. The van der Waals surface area contributed by atoms with Crippen LogP contribution in [0.3, 0.4) is 0 Å². The molecule has 2 rings (SSSR count). The molecule has 1 N–H and O–H groups in total. The van der Waals surface area contributed by atoms with Crippen molar-refractivity contribution in [3.63, 3.8) is 0 Å². The number of benzene rings is 2. The largest absolute Gasteiger partial charge is 0.496 e. The molecule has 43 heavy (non-hydrogen) atoms. The average Bonchev–Trinajstić information content (AvgIpc) is 2.88. The predicted octanol–water partition coefficient (Wildman–Crippen LogP) is 8.52. The Labute approximate surface area is 268 Å². The molecule has 0 fully saturated rings. The molecule has 0 heterocycles. The summed E-state index contributed by atoms with van der Waals surface area (Å²) in [6, 6.07) is 10.7. The third-order valence-corrected chi connectivity index (χ3v) is 12.5. The summed E-state index contributed by atoms with van der Waals surface area (Å²) in [5.74, 6) is 0.101. The lowest BCUT2D eigenvalue weighted by atomic mass is 10.1. The number of carbonyl (C=O) groups excluding carboxylic acids is 2. The number of hydrogen-bond acceptors (Lipinski definition) is 7. The van der Waals surface area contributed by atoms with Crippen molar-refractivity contribution in [3.8, 4) is 5.75 Å². The summed E-state index contributed by atoms with van der Waals surface area (Å²) < 4.78 is 23.1. The van der Waals surface area contributed by atoms with E-state index in [0.717, 1.165) is 5.56 Å². The van der Waals surface area contributed by atoms with Crippen molar-refractivity contribution in [2.75, 3.05) is 32.6 Å². The van der Waals surface area contributed by atoms with E-state index in [1.807, 2.05) is 52.0 Å². The summed E-state index contributed by atoms with van der Waals surface area (Å²) in [6.45, 7) is 19.0. The third-order valence-electron chi connectivity index (χ3n) is 7.51. The van der Waals surface area contributed by atoms with Gasteiger partial charge in [-0.25, -0.2) is 4.79 Å². The number of hydrogen-bond donors (Lipinski definition) is 1. The molecule has 2 aromatic carbocycles. The van der Waals surface area contributed by atoms with Gasteiger partial charge < -0.3 is 28.9 Å². The second-order valence-corrected chi connectivity index (χ2v) is 18.8. The third kappa shape index (κ3) is 10.9. The molecule has 0 aliphatic rings. The van der Waals surface area contributed by atoms with E-state index in [1.165, 1.54) is 14.2 Å². The van der Waals surface area contributed by atoms with Crippen molar-refractivity contribution < 1.29 is 28.2 Å². The van der Waals surface area contributed by atoms with E-state index in [0.29, 0.717) is 33.6 Å². The van der Waals surface area contributed by atoms with Crippen LogP contribution in [0.25, 0.3) is 0 Å². The van der Waals surface area contributed by atoms with Crippen LogP contribution in [0.1, 0.15) is 65.7 Å². The molecule has 0 aliphatic carbocycles. The second-order valence-electron chi connectivity index (χ2n) is 13.2. The number of ether oxygens (including phenoxy) is 3. The van der Waals surface area contributed by atoms with Gasteiger partial charge in [0.25, 0.3) is 0 Å². The van der Waals surface area contributed by atoms with Crippen LogP contribution in [0.15, 0.2) is 36.4 Å². The number of carbonyl (C=O) groups is 2. The minimum atomic E-state index is -2.26.